The maximum atomic E-state index is 5.75. The summed E-state index contributed by atoms with van der Waals surface area (Å²) in [7, 11) is 3.97. The maximum Gasteiger partial charge on any atom is 0.127 e. The highest BCUT2D eigenvalue weighted by Gasteiger charge is 2.28. The van der Waals surface area contributed by atoms with E-state index in [-0.39, 0.29) is 24.0 Å². The average Bonchev–Trinajstić information content (AvgIpc) is 2.66. The van der Waals surface area contributed by atoms with Crippen LogP contribution in [0.4, 0.5) is 0 Å². The number of piperidine rings is 1. The second kappa shape index (κ2) is 8.88. The molecular formula is C22H26INO2S. The Morgan fingerprint density at radius 1 is 1.07 bits per heavy atom. The van der Waals surface area contributed by atoms with Gasteiger partial charge in [-0.3, -0.25) is 0 Å². The number of hydrogen-bond acceptors (Lipinski definition) is 4. The van der Waals surface area contributed by atoms with E-state index in [0.717, 1.165) is 37.4 Å². The molecule has 144 valence electrons. The monoisotopic (exact) mass is 495 g/mol. The highest BCUT2D eigenvalue weighted by Crippen LogP contribution is 2.51. The van der Waals surface area contributed by atoms with E-state index in [1.54, 1.807) is 12.7 Å². The SMILES string of the molecule is CCOc1ccc2c(c1)Sc1cccc(OC)c1C2=C1CCN(C)CC1.I. The summed E-state index contributed by atoms with van der Waals surface area (Å²) in [4.78, 5) is 4.95. The molecule has 2 aliphatic rings. The molecule has 2 aliphatic heterocycles. The molecule has 3 nitrogen and oxygen atoms in total. The lowest BCUT2D eigenvalue weighted by Gasteiger charge is -2.31. The van der Waals surface area contributed by atoms with Crippen LogP contribution in [-0.2, 0) is 0 Å². The first-order chi connectivity index (χ1) is 12.7. The molecule has 5 heteroatoms. The van der Waals surface area contributed by atoms with Crippen molar-refractivity contribution in [2.24, 2.45) is 0 Å². The predicted octanol–water partition coefficient (Wildman–Crippen LogP) is 5.70. The van der Waals surface area contributed by atoms with E-state index in [2.05, 4.69) is 48.3 Å². The summed E-state index contributed by atoms with van der Waals surface area (Å²) in [6, 6.07) is 12.9. The summed E-state index contributed by atoms with van der Waals surface area (Å²) in [6.07, 6.45) is 2.22. The molecule has 0 aliphatic carbocycles. The molecule has 0 radical (unpaired) electrons. The van der Waals surface area contributed by atoms with Crippen molar-refractivity contribution in [3.05, 3.63) is 53.1 Å². The van der Waals surface area contributed by atoms with Crippen molar-refractivity contribution < 1.29 is 9.47 Å². The number of halogens is 1. The molecule has 4 rings (SSSR count). The Morgan fingerprint density at radius 2 is 1.85 bits per heavy atom. The summed E-state index contributed by atoms with van der Waals surface area (Å²) < 4.78 is 11.5. The van der Waals surface area contributed by atoms with Crippen LogP contribution >= 0.6 is 35.7 Å². The van der Waals surface area contributed by atoms with Gasteiger partial charge in [0.1, 0.15) is 11.5 Å². The molecule has 27 heavy (non-hydrogen) atoms. The Morgan fingerprint density at radius 3 is 2.56 bits per heavy atom. The Bertz CT molecular complexity index is 855. The van der Waals surface area contributed by atoms with E-state index in [1.807, 2.05) is 18.7 Å². The maximum absolute atomic E-state index is 5.75. The normalized spacial score (nSPS) is 16.3. The molecule has 0 amide bonds. The van der Waals surface area contributed by atoms with Crippen molar-refractivity contribution in [1.29, 1.82) is 0 Å². The van der Waals surface area contributed by atoms with Gasteiger partial charge in [-0.2, -0.15) is 0 Å². The number of ether oxygens (including phenoxy) is 2. The van der Waals surface area contributed by atoms with Crippen molar-refractivity contribution in [3.8, 4) is 11.5 Å². The van der Waals surface area contributed by atoms with Gasteiger partial charge < -0.3 is 14.4 Å². The fourth-order valence-electron chi connectivity index (χ4n) is 3.82. The van der Waals surface area contributed by atoms with Gasteiger partial charge in [0.15, 0.2) is 0 Å². The van der Waals surface area contributed by atoms with Gasteiger partial charge in [0.05, 0.1) is 13.7 Å². The first-order valence-corrected chi connectivity index (χ1v) is 10.1. The van der Waals surface area contributed by atoms with Crippen molar-refractivity contribution in [1.82, 2.24) is 4.90 Å². The van der Waals surface area contributed by atoms with E-state index < -0.39 is 0 Å². The third-order valence-electron chi connectivity index (χ3n) is 5.16. The number of methoxy groups -OCH3 is 1. The minimum atomic E-state index is 0. The molecule has 0 spiro atoms. The Balaban J connectivity index is 0.00000210. The summed E-state index contributed by atoms with van der Waals surface area (Å²) in [5.41, 5.74) is 5.49. The number of fused-ring (bicyclic) bond motifs is 2. The van der Waals surface area contributed by atoms with Crippen LogP contribution in [0.3, 0.4) is 0 Å². The summed E-state index contributed by atoms with van der Waals surface area (Å²) in [5, 5.41) is 0. The average molecular weight is 495 g/mol. The van der Waals surface area contributed by atoms with Crippen LogP contribution in [0.15, 0.2) is 51.8 Å². The van der Waals surface area contributed by atoms with Crippen LogP contribution in [0.2, 0.25) is 0 Å². The topological polar surface area (TPSA) is 21.7 Å². The van der Waals surface area contributed by atoms with Gasteiger partial charge in [0, 0.05) is 28.4 Å². The Kier molecular flexibility index (Phi) is 6.76. The van der Waals surface area contributed by atoms with Crippen molar-refractivity contribution in [3.63, 3.8) is 0 Å². The van der Waals surface area contributed by atoms with Gasteiger partial charge in [0.2, 0.25) is 0 Å². The quantitative estimate of drug-likeness (QED) is 0.435. The third-order valence-corrected chi connectivity index (χ3v) is 6.27. The predicted molar refractivity (Wildman–Crippen MR) is 123 cm³/mol. The molecule has 2 heterocycles. The lowest BCUT2D eigenvalue weighted by molar-refractivity contribution is 0.313. The van der Waals surface area contributed by atoms with Crippen molar-refractivity contribution >= 4 is 41.3 Å². The minimum Gasteiger partial charge on any atom is -0.496 e. The zero-order valence-corrected chi connectivity index (χ0v) is 19.2. The molecule has 0 saturated carbocycles. The molecule has 0 atom stereocenters. The lowest BCUT2D eigenvalue weighted by atomic mass is 9.87. The van der Waals surface area contributed by atoms with E-state index in [9.17, 15) is 0 Å². The van der Waals surface area contributed by atoms with Crippen LogP contribution in [0, 0.1) is 0 Å². The molecule has 0 aromatic heterocycles. The van der Waals surface area contributed by atoms with Crippen LogP contribution in [-0.4, -0.2) is 38.8 Å². The van der Waals surface area contributed by atoms with Gasteiger partial charge in [-0.05, 0) is 68.3 Å². The molecule has 0 bridgehead atoms. The number of rotatable bonds is 3. The van der Waals surface area contributed by atoms with Gasteiger partial charge in [0.25, 0.3) is 0 Å². The first-order valence-electron chi connectivity index (χ1n) is 9.24. The van der Waals surface area contributed by atoms with Gasteiger partial charge in [-0.15, -0.1) is 24.0 Å². The van der Waals surface area contributed by atoms with Crippen LogP contribution in [0.5, 0.6) is 11.5 Å². The Labute approximate surface area is 183 Å². The number of hydrogen-bond donors (Lipinski definition) is 0. The highest BCUT2D eigenvalue weighted by molar-refractivity contribution is 14.0. The molecule has 0 unspecified atom stereocenters. The van der Waals surface area contributed by atoms with Gasteiger partial charge >= 0.3 is 0 Å². The standard InChI is InChI=1S/C22H25NO2S.HI/c1-4-25-16-8-9-17-20(14-16)26-19-7-5-6-18(24-3)22(19)21(17)15-10-12-23(2)13-11-15;/h5-9,14H,4,10-13H2,1-3H3;1H. The zero-order valence-electron chi connectivity index (χ0n) is 16.1. The number of benzene rings is 2. The second-order valence-corrected chi connectivity index (χ2v) is 7.89. The minimum absolute atomic E-state index is 0. The highest BCUT2D eigenvalue weighted by atomic mass is 127. The summed E-state index contributed by atoms with van der Waals surface area (Å²) >= 11 is 1.82. The smallest absolute Gasteiger partial charge is 0.127 e. The van der Waals surface area contributed by atoms with Gasteiger partial charge in [-0.25, -0.2) is 0 Å². The lowest BCUT2D eigenvalue weighted by Crippen LogP contribution is -2.27. The van der Waals surface area contributed by atoms with Crippen molar-refractivity contribution in [2.75, 3.05) is 33.9 Å². The van der Waals surface area contributed by atoms with E-state index in [0.29, 0.717) is 6.61 Å². The van der Waals surface area contributed by atoms with Crippen LogP contribution < -0.4 is 9.47 Å². The fourth-order valence-corrected chi connectivity index (χ4v) is 4.96. The summed E-state index contributed by atoms with van der Waals surface area (Å²) in [6.45, 7) is 4.94. The third kappa shape index (κ3) is 4.00. The van der Waals surface area contributed by atoms with E-state index in [1.165, 1.54) is 26.5 Å². The van der Waals surface area contributed by atoms with Crippen LogP contribution in [0.25, 0.3) is 5.57 Å². The van der Waals surface area contributed by atoms with E-state index in [4.69, 9.17) is 9.47 Å². The molecule has 2 aromatic rings. The van der Waals surface area contributed by atoms with Gasteiger partial charge in [-0.1, -0.05) is 23.4 Å². The Hall–Kier alpha value is -1.18. The van der Waals surface area contributed by atoms with Crippen molar-refractivity contribution in [2.45, 2.75) is 29.6 Å². The second-order valence-electron chi connectivity index (χ2n) is 6.81. The summed E-state index contributed by atoms with van der Waals surface area (Å²) in [5.74, 6) is 1.91. The molecule has 2 aromatic carbocycles. The largest absolute Gasteiger partial charge is 0.496 e. The first kappa shape index (κ1) is 20.6. The zero-order chi connectivity index (χ0) is 18.1. The molecule has 1 saturated heterocycles. The van der Waals surface area contributed by atoms with E-state index >= 15 is 0 Å². The number of likely N-dealkylation sites (tertiary alicyclic amines) is 1. The fraction of sp³-hybridized carbons (Fsp3) is 0.364. The van der Waals surface area contributed by atoms with Crippen LogP contribution in [0.1, 0.15) is 30.9 Å². The molecule has 1 fully saturated rings. The molecular weight excluding hydrogens is 469 g/mol. The molecule has 0 N–H and O–H groups in total. The number of nitrogens with zero attached hydrogens (tertiary/aromatic N) is 1.